The van der Waals surface area contributed by atoms with Gasteiger partial charge in [-0.2, -0.15) is 0 Å². The van der Waals surface area contributed by atoms with Crippen LogP contribution < -0.4 is 4.90 Å². The molecule has 7 aromatic carbocycles. The van der Waals surface area contributed by atoms with Crippen molar-refractivity contribution in [3.8, 4) is 11.4 Å². The lowest BCUT2D eigenvalue weighted by Crippen LogP contribution is -2.11. The molecular weight excluding hydrogens is 565 g/mol. The molecule has 3 nitrogen and oxygen atoms in total. The Morgan fingerprint density at radius 3 is 1.48 bits per heavy atom. The molecule has 9 rings (SSSR count). The van der Waals surface area contributed by atoms with Gasteiger partial charge in [-0.05, 0) is 84.9 Å². The first kappa shape index (κ1) is 26.3. The van der Waals surface area contributed by atoms with Crippen molar-refractivity contribution in [3.63, 3.8) is 0 Å². The van der Waals surface area contributed by atoms with Crippen molar-refractivity contribution in [2.45, 2.75) is 0 Å². The Labute approximate surface area is 265 Å². The molecule has 0 amide bonds. The minimum Gasteiger partial charge on any atom is -0.309 e. The van der Waals surface area contributed by atoms with Gasteiger partial charge in [0, 0.05) is 38.6 Å². The number of hydrogen-bond acceptors (Lipinski definition) is 1. The summed E-state index contributed by atoms with van der Waals surface area (Å²) in [5.41, 5.74) is 9.45. The first-order valence-corrected chi connectivity index (χ1v) is 15.5. The summed E-state index contributed by atoms with van der Waals surface area (Å²) < 4.78 is 19.7. The van der Waals surface area contributed by atoms with Crippen LogP contribution >= 0.6 is 0 Å². The molecule has 0 radical (unpaired) electrons. The molecule has 0 aliphatic carbocycles. The quantitative estimate of drug-likeness (QED) is 0.193. The van der Waals surface area contributed by atoms with Crippen molar-refractivity contribution in [1.29, 1.82) is 0 Å². The number of aromatic nitrogens is 2. The number of fused-ring (bicyclic) bond motifs is 6. The van der Waals surface area contributed by atoms with Crippen LogP contribution in [0.25, 0.3) is 55.0 Å². The van der Waals surface area contributed by atoms with Gasteiger partial charge in [0.25, 0.3) is 0 Å². The standard InChI is InChI=1S/C42H28FN3/c43-29-26-27-36-34(28-29)42-39(45(36)31-16-6-2-7-17-31)24-13-25-40(42)46(32-18-8-3-9-19-32)38-23-12-22-37-41(38)33-20-10-11-21-35(33)44(37)30-14-4-1-5-15-30/h1-28H. The summed E-state index contributed by atoms with van der Waals surface area (Å²) in [6.45, 7) is 0. The number of nitrogens with zero attached hydrogens (tertiary/aromatic N) is 3. The van der Waals surface area contributed by atoms with Crippen molar-refractivity contribution in [2.24, 2.45) is 0 Å². The second-order valence-corrected chi connectivity index (χ2v) is 11.5. The van der Waals surface area contributed by atoms with Gasteiger partial charge in [-0.3, -0.25) is 0 Å². The largest absolute Gasteiger partial charge is 0.309 e. The van der Waals surface area contributed by atoms with E-state index in [2.05, 4.69) is 141 Å². The van der Waals surface area contributed by atoms with Gasteiger partial charge >= 0.3 is 0 Å². The molecule has 0 N–H and O–H groups in total. The molecule has 0 fully saturated rings. The van der Waals surface area contributed by atoms with Gasteiger partial charge in [-0.15, -0.1) is 0 Å². The minimum absolute atomic E-state index is 0.256. The molecule has 9 aromatic rings. The van der Waals surface area contributed by atoms with E-state index in [0.717, 1.165) is 66.7 Å². The first-order valence-electron chi connectivity index (χ1n) is 15.5. The fourth-order valence-electron chi connectivity index (χ4n) is 7.09. The summed E-state index contributed by atoms with van der Waals surface area (Å²) >= 11 is 0. The van der Waals surface area contributed by atoms with E-state index in [-0.39, 0.29) is 5.82 Å². The summed E-state index contributed by atoms with van der Waals surface area (Å²) in [7, 11) is 0. The molecule has 218 valence electrons. The van der Waals surface area contributed by atoms with E-state index in [4.69, 9.17) is 0 Å². The zero-order valence-corrected chi connectivity index (χ0v) is 24.9. The summed E-state index contributed by atoms with van der Waals surface area (Å²) in [6, 6.07) is 58.0. The molecular formula is C42H28FN3. The van der Waals surface area contributed by atoms with Crippen LogP contribution in [0.15, 0.2) is 170 Å². The first-order chi connectivity index (χ1) is 22.8. The minimum atomic E-state index is -0.256. The molecule has 0 saturated heterocycles. The average Bonchev–Trinajstić information content (AvgIpc) is 3.63. The molecule has 0 unspecified atom stereocenters. The van der Waals surface area contributed by atoms with Gasteiger partial charge in [0.1, 0.15) is 5.82 Å². The number of para-hydroxylation sites is 4. The van der Waals surface area contributed by atoms with Gasteiger partial charge in [-0.25, -0.2) is 4.39 Å². The topological polar surface area (TPSA) is 13.1 Å². The van der Waals surface area contributed by atoms with Crippen LogP contribution in [0.4, 0.5) is 21.5 Å². The number of hydrogen-bond donors (Lipinski definition) is 0. The lowest BCUT2D eigenvalue weighted by molar-refractivity contribution is 0.629. The van der Waals surface area contributed by atoms with Crippen molar-refractivity contribution >= 4 is 60.7 Å². The monoisotopic (exact) mass is 593 g/mol. The molecule has 0 aliphatic heterocycles. The van der Waals surface area contributed by atoms with Crippen molar-refractivity contribution < 1.29 is 4.39 Å². The number of anilines is 3. The zero-order valence-electron chi connectivity index (χ0n) is 24.9. The van der Waals surface area contributed by atoms with E-state index in [0.29, 0.717) is 0 Å². The summed E-state index contributed by atoms with van der Waals surface area (Å²) in [6.07, 6.45) is 0. The predicted molar refractivity (Wildman–Crippen MR) is 190 cm³/mol. The van der Waals surface area contributed by atoms with E-state index in [1.807, 2.05) is 30.3 Å². The Kier molecular flexibility index (Phi) is 6.00. The second-order valence-electron chi connectivity index (χ2n) is 11.5. The summed E-state index contributed by atoms with van der Waals surface area (Å²) in [4.78, 5) is 2.34. The van der Waals surface area contributed by atoms with E-state index in [1.165, 1.54) is 5.39 Å². The van der Waals surface area contributed by atoms with Crippen LogP contribution in [-0.2, 0) is 0 Å². The lowest BCUT2D eigenvalue weighted by atomic mass is 10.1. The van der Waals surface area contributed by atoms with Gasteiger partial charge < -0.3 is 14.0 Å². The molecule has 2 aromatic heterocycles. The highest BCUT2D eigenvalue weighted by Gasteiger charge is 2.24. The third kappa shape index (κ3) is 3.97. The van der Waals surface area contributed by atoms with Gasteiger partial charge in [0.2, 0.25) is 0 Å². The van der Waals surface area contributed by atoms with E-state index in [1.54, 1.807) is 12.1 Å². The molecule has 0 saturated carbocycles. The summed E-state index contributed by atoms with van der Waals surface area (Å²) in [5, 5.41) is 4.19. The highest BCUT2D eigenvalue weighted by molar-refractivity contribution is 6.20. The smallest absolute Gasteiger partial charge is 0.123 e. The van der Waals surface area contributed by atoms with Crippen LogP contribution in [-0.4, -0.2) is 9.13 Å². The van der Waals surface area contributed by atoms with Crippen LogP contribution in [0.5, 0.6) is 0 Å². The maximum atomic E-state index is 15.1. The average molecular weight is 594 g/mol. The molecule has 0 atom stereocenters. The Balaban J connectivity index is 1.42. The molecule has 4 heteroatoms. The molecule has 0 bridgehead atoms. The van der Waals surface area contributed by atoms with E-state index >= 15 is 4.39 Å². The van der Waals surface area contributed by atoms with Crippen molar-refractivity contribution in [1.82, 2.24) is 9.13 Å². The normalized spacial score (nSPS) is 11.6. The number of rotatable bonds is 5. The molecule has 2 heterocycles. The Hall–Kier alpha value is -6.13. The Morgan fingerprint density at radius 1 is 0.391 bits per heavy atom. The lowest BCUT2D eigenvalue weighted by Gasteiger charge is -2.27. The SMILES string of the molecule is Fc1ccc2c(c1)c1c(N(c3ccccc3)c3cccc4c3c3ccccc3n4-c3ccccc3)cccc1n2-c1ccccc1. The van der Waals surface area contributed by atoms with Crippen LogP contribution in [0.1, 0.15) is 0 Å². The fourth-order valence-corrected chi connectivity index (χ4v) is 7.09. The maximum absolute atomic E-state index is 15.1. The Morgan fingerprint density at radius 2 is 0.870 bits per heavy atom. The highest BCUT2D eigenvalue weighted by atomic mass is 19.1. The fraction of sp³-hybridized carbons (Fsp3) is 0. The van der Waals surface area contributed by atoms with Crippen LogP contribution in [0.2, 0.25) is 0 Å². The molecule has 46 heavy (non-hydrogen) atoms. The number of benzene rings is 7. The number of halogens is 1. The van der Waals surface area contributed by atoms with Gasteiger partial charge in [0.15, 0.2) is 0 Å². The third-order valence-corrected chi connectivity index (χ3v) is 8.93. The van der Waals surface area contributed by atoms with Crippen LogP contribution in [0.3, 0.4) is 0 Å². The molecule has 0 aliphatic rings. The second kappa shape index (κ2) is 10.5. The zero-order chi connectivity index (χ0) is 30.6. The third-order valence-electron chi connectivity index (χ3n) is 8.93. The summed E-state index contributed by atoms with van der Waals surface area (Å²) in [5.74, 6) is -0.256. The highest BCUT2D eigenvalue weighted by Crippen LogP contribution is 2.47. The molecule has 0 spiro atoms. The predicted octanol–water partition coefficient (Wildman–Crippen LogP) is 11.5. The van der Waals surface area contributed by atoms with Crippen molar-refractivity contribution in [2.75, 3.05) is 4.90 Å². The Bertz CT molecular complexity index is 2530. The maximum Gasteiger partial charge on any atom is 0.123 e. The van der Waals surface area contributed by atoms with Crippen molar-refractivity contribution in [3.05, 3.63) is 176 Å². The van der Waals surface area contributed by atoms with Gasteiger partial charge in [-0.1, -0.05) is 84.9 Å². The van der Waals surface area contributed by atoms with Gasteiger partial charge in [0.05, 0.1) is 33.4 Å². The van der Waals surface area contributed by atoms with E-state index < -0.39 is 0 Å². The van der Waals surface area contributed by atoms with E-state index in [9.17, 15) is 0 Å². The van der Waals surface area contributed by atoms with Crippen LogP contribution in [0, 0.1) is 5.82 Å².